The normalized spacial score (nSPS) is 20.8. The van der Waals surface area contributed by atoms with Crippen LogP contribution in [0.3, 0.4) is 0 Å². The molecule has 0 spiro atoms. The standard InChI is InChI=1S/C14H23N3O/c1-3-5-12-6-4-8-17(9-7-12)14(18)13-10-15-16-11(13)2/h10,12H,3-9H2,1-2H3,(H,15,16). The molecule has 2 heterocycles. The van der Waals surface area contributed by atoms with Crippen LogP contribution in [0.2, 0.25) is 0 Å². The van der Waals surface area contributed by atoms with Crippen LogP contribution in [-0.4, -0.2) is 34.1 Å². The third-order valence-corrected chi connectivity index (χ3v) is 3.89. The molecule has 1 aliphatic rings. The molecule has 100 valence electrons. The monoisotopic (exact) mass is 249 g/mol. The van der Waals surface area contributed by atoms with Crippen molar-refractivity contribution in [3.05, 3.63) is 17.5 Å². The highest BCUT2D eigenvalue weighted by Gasteiger charge is 2.22. The zero-order valence-electron chi connectivity index (χ0n) is 11.4. The zero-order valence-corrected chi connectivity index (χ0v) is 11.4. The minimum Gasteiger partial charge on any atom is -0.339 e. The Balaban J connectivity index is 1.98. The number of likely N-dealkylation sites (tertiary alicyclic amines) is 1. The van der Waals surface area contributed by atoms with E-state index in [2.05, 4.69) is 17.1 Å². The number of nitrogens with zero attached hydrogens (tertiary/aromatic N) is 2. The molecular weight excluding hydrogens is 226 g/mol. The van der Waals surface area contributed by atoms with Crippen LogP contribution >= 0.6 is 0 Å². The van der Waals surface area contributed by atoms with Crippen molar-refractivity contribution in [2.45, 2.75) is 46.0 Å². The fourth-order valence-corrected chi connectivity index (χ4v) is 2.80. The molecule has 4 heteroatoms. The Labute approximate surface area is 109 Å². The first-order valence-electron chi connectivity index (χ1n) is 7.01. The largest absolute Gasteiger partial charge is 0.339 e. The minimum absolute atomic E-state index is 0.137. The predicted molar refractivity (Wildman–Crippen MR) is 71.5 cm³/mol. The summed E-state index contributed by atoms with van der Waals surface area (Å²) in [5, 5.41) is 6.77. The number of rotatable bonds is 3. The van der Waals surface area contributed by atoms with Gasteiger partial charge in [-0.1, -0.05) is 19.8 Å². The Morgan fingerprint density at radius 1 is 1.50 bits per heavy atom. The Morgan fingerprint density at radius 2 is 2.33 bits per heavy atom. The number of carbonyl (C=O) groups is 1. The van der Waals surface area contributed by atoms with Crippen molar-refractivity contribution in [3.63, 3.8) is 0 Å². The lowest BCUT2D eigenvalue weighted by Gasteiger charge is -2.20. The summed E-state index contributed by atoms with van der Waals surface area (Å²) in [6, 6.07) is 0. The van der Waals surface area contributed by atoms with Gasteiger partial charge in [-0.3, -0.25) is 9.89 Å². The van der Waals surface area contributed by atoms with Gasteiger partial charge in [0.15, 0.2) is 0 Å². The summed E-state index contributed by atoms with van der Waals surface area (Å²) in [5.41, 5.74) is 1.60. The summed E-state index contributed by atoms with van der Waals surface area (Å²) in [5.74, 6) is 0.941. The molecule has 1 fully saturated rings. The third-order valence-electron chi connectivity index (χ3n) is 3.89. The van der Waals surface area contributed by atoms with Crippen molar-refractivity contribution >= 4 is 5.91 Å². The second-order valence-electron chi connectivity index (χ2n) is 5.29. The maximum Gasteiger partial charge on any atom is 0.257 e. The summed E-state index contributed by atoms with van der Waals surface area (Å²) in [7, 11) is 0. The van der Waals surface area contributed by atoms with E-state index in [0.29, 0.717) is 0 Å². The summed E-state index contributed by atoms with van der Waals surface area (Å²) < 4.78 is 0. The van der Waals surface area contributed by atoms with Crippen LogP contribution in [0.1, 0.15) is 55.1 Å². The van der Waals surface area contributed by atoms with Gasteiger partial charge in [0.1, 0.15) is 0 Å². The lowest BCUT2D eigenvalue weighted by atomic mass is 9.96. The average Bonchev–Trinajstić information content (AvgIpc) is 2.64. The molecule has 0 aromatic carbocycles. The lowest BCUT2D eigenvalue weighted by Crippen LogP contribution is -2.32. The first-order chi connectivity index (χ1) is 8.72. The van der Waals surface area contributed by atoms with Crippen molar-refractivity contribution in [2.75, 3.05) is 13.1 Å². The van der Waals surface area contributed by atoms with Crippen LogP contribution in [0.4, 0.5) is 0 Å². The minimum atomic E-state index is 0.137. The van der Waals surface area contributed by atoms with Gasteiger partial charge in [0, 0.05) is 18.8 Å². The summed E-state index contributed by atoms with van der Waals surface area (Å²) in [6.07, 6.45) is 7.74. The van der Waals surface area contributed by atoms with Gasteiger partial charge in [-0.25, -0.2) is 0 Å². The molecule has 1 atom stereocenters. The van der Waals surface area contributed by atoms with E-state index in [1.54, 1.807) is 6.20 Å². The second-order valence-corrected chi connectivity index (χ2v) is 5.29. The number of aryl methyl sites for hydroxylation is 1. The number of H-pyrrole nitrogens is 1. The number of carbonyl (C=O) groups excluding carboxylic acids is 1. The first kappa shape index (κ1) is 13.1. The highest BCUT2D eigenvalue weighted by molar-refractivity contribution is 5.95. The molecule has 0 saturated carbocycles. The molecule has 4 nitrogen and oxygen atoms in total. The van der Waals surface area contributed by atoms with E-state index in [0.717, 1.165) is 43.1 Å². The maximum atomic E-state index is 12.4. The molecule has 1 aromatic rings. The Morgan fingerprint density at radius 3 is 3.00 bits per heavy atom. The Hall–Kier alpha value is -1.32. The van der Waals surface area contributed by atoms with Crippen LogP contribution in [-0.2, 0) is 0 Å². The highest BCUT2D eigenvalue weighted by atomic mass is 16.2. The highest BCUT2D eigenvalue weighted by Crippen LogP contribution is 2.23. The lowest BCUT2D eigenvalue weighted by molar-refractivity contribution is 0.0759. The molecule has 1 aliphatic heterocycles. The van der Waals surface area contributed by atoms with Gasteiger partial charge in [-0.2, -0.15) is 5.10 Å². The van der Waals surface area contributed by atoms with Crippen molar-refractivity contribution in [2.24, 2.45) is 5.92 Å². The van der Waals surface area contributed by atoms with Crippen LogP contribution in [0.15, 0.2) is 6.20 Å². The first-order valence-corrected chi connectivity index (χ1v) is 7.01. The predicted octanol–water partition coefficient (Wildman–Crippen LogP) is 2.76. The third kappa shape index (κ3) is 2.92. The van der Waals surface area contributed by atoms with Crippen molar-refractivity contribution < 1.29 is 4.79 Å². The molecule has 1 amide bonds. The number of nitrogens with one attached hydrogen (secondary N) is 1. The Kier molecular flexibility index (Phi) is 4.39. The Bertz CT molecular complexity index is 399. The number of hydrogen-bond donors (Lipinski definition) is 1. The molecule has 0 bridgehead atoms. The number of hydrogen-bond acceptors (Lipinski definition) is 2. The molecular formula is C14H23N3O. The second kappa shape index (κ2) is 6.03. The number of aromatic nitrogens is 2. The van der Waals surface area contributed by atoms with Crippen LogP contribution in [0.5, 0.6) is 0 Å². The number of amides is 1. The van der Waals surface area contributed by atoms with Gasteiger partial charge in [0.25, 0.3) is 5.91 Å². The average molecular weight is 249 g/mol. The molecule has 1 N–H and O–H groups in total. The van der Waals surface area contributed by atoms with Gasteiger partial charge in [-0.05, 0) is 32.1 Å². The van der Waals surface area contributed by atoms with E-state index in [9.17, 15) is 4.79 Å². The van der Waals surface area contributed by atoms with Gasteiger partial charge < -0.3 is 4.90 Å². The van der Waals surface area contributed by atoms with Crippen LogP contribution in [0, 0.1) is 12.8 Å². The SMILES string of the molecule is CCCC1CCCN(C(=O)c2cn[nH]c2C)CC1. The van der Waals surface area contributed by atoms with Crippen molar-refractivity contribution in [1.82, 2.24) is 15.1 Å². The van der Waals surface area contributed by atoms with Gasteiger partial charge in [0.05, 0.1) is 11.8 Å². The molecule has 18 heavy (non-hydrogen) atoms. The van der Waals surface area contributed by atoms with E-state index >= 15 is 0 Å². The smallest absolute Gasteiger partial charge is 0.257 e. The molecule has 1 saturated heterocycles. The maximum absolute atomic E-state index is 12.4. The fraction of sp³-hybridized carbons (Fsp3) is 0.714. The number of aromatic amines is 1. The van der Waals surface area contributed by atoms with E-state index < -0.39 is 0 Å². The topological polar surface area (TPSA) is 49.0 Å². The summed E-state index contributed by atoms with van der Waals surface area (Å²) in [4.78, 5) is 14.4. The van der Waals surface area contributed by atoms with Gasteiger partial charge in [-0.15, -0.1) is 0 Å². The van der Waals surface area contributed by atoms with Gasteiger partial charge >= 0.3 is 0 Å². The van der Waals surface area contributed by atoms with Crippen molar-refractivity contribution in [1.29, 1.82) is 0 Å². The molecule has 1 aromatic heterocycles. The van der Waals surface area contributed by atoms with Crippen LogP contribution < -0.4 is 0 Å². The molecule has 1 unspecified atom stereocenters. The van der Waals surface area contributed by atoms with E-state index in [-0.39, 0.29) is 5.91 Å². The van der Waals surface area contributed by atoms with E-state index in [1.807, 2.05) is 11.8 Å². The van der Waals surface area contributed by atoms with Crippen LogP contribution in [0.25, 0.3) is 0 Å². The van der Waals surface area contributed by atoms with Crippen molar-refractivity contribution in [3.8, 4) is 0 Å². The summed E-state index contributed by atoms with van der Waals surface area (Å²) in [6.45, 7) is 5.93. The quantitative estimate of drug-likeness (QED) is 0.895. The summed E-state index contributed by atoms with van der Waals surface area (Å²) >= 11 is 0. The molecule has 0 aliphatic carbocycles. The van der Waals surface area contributed by atoms with E-state index in [4.69, 9.17) is 0 Å². The molecule has 0 radical (unpaired) electrons. The van der Waals surface area contributed by atoms with E-state index in [1.165, 1.54) is 19.3 Å². The van der Waals surface area contributed by atoms with Gasteiger partial charge in [0.2, 0.25) is 0 Å². The molecule has 2 rings (SSSR count). The zero-order chi connectivity index (χ0) is 13.0. The fourth-order valence-electron chi connectivity index (χ4n) is 2.80.